The van der Waals surface area contributed by atoms with Crippen molar-refractivity contribution in [2.24, 2.45) is 5.92 Å². The van der Waals surface area contributed by atoms with Crippen molar-refractivity contribution < 1.29 is 0 Å². The Kier molecular flexibility index (Phi) is 3.27. The number of nitrogens with zero attached hydrogens (tertiary/aromatic N) is 1. The van der Waals surface area contributed by atoms with Crippen molar-refractivity contribution in [3.8, 4) is 0 Å². The quantitative estimate of drug-likeness (QED) is 0.882. The summed E-state index contributed by atoms with van der Waals surface area (Å²) in [5.41, 5.74) is 0. The van der Waals surface area contributed by atoms with Crippen LogP contribution in [0.1, 0.15) is 41.7 Å². The molecule has 2 atom stereocenters. The first-order valence-electron chi connectivity index (χ1n) is 6.03. The monoisotopic (exact) mass is 264 g/mol. The predicted octanol–water partition coefficient (Wildman–Crippen LogP) is 4.01. The summed E-state index contributed by atoms with van der Waals surface area (Å²) < 4.78 is 0. The van der Waals surface area contributed by atoms with Crippen molar-refractivity contribution in [1.29, 1.82) is 0 Å². The molecule has 0 aliphatic heterocycles. The number of thiophene rings is 1. The topological polar surface area (TPSA) is 24.9 Å². The van der Waals surface area contributed by atoms with Crippen LogP contribution in [-0.2, 0) is 0 Å². The third-order valence-corrected chi connectivity index (χ3v) is 5.11. The van der Waals surface area contributed by atoms with Gasteiger partial charge < -0.3 is 5.32 Å². The van der Waals surface area contributed by atoms with E-state index in [0.717, 1.165) is 5.92 Å². The summed E-state index contributed by atoms with van der Waals surface area (Å²) in [6.07, 6.45) is 4.61. The second kappa shape index (κ2) is 4.88. The van der Waals surface area contributed by atoms with E-state index in [2.05, 4.69) is 34.7 Å². The van der Waals surface area contributed by atoms with Crippen molar-refractivity contribution >= 4 is 22.7 Å². The molecule has 3 rings (SSSR count). The van der Waals surface area contributed by atoms with Crippen LogP contribution in [0, 0.1) is 5.92 Å². The molecule has 0 saturated heterocycles. The first-order chi connectivity index (χ1) is 8.34. The van der Waals surface area contributed by atoms with E-state index in [1.54, 1.807) is 11.3 Å². The van der Waals surface area contributed by atoms with Crippen molar-refractivity contribution in [1.82, 2.24) is 10.3 Å². The van der Waals surface area contributed by atoms with Gasteiger partial charge in [-0.2, -0.15) is 0 Å². The fourth-order valence-corrected chi connectivity index (χ4v) is 3.67. The minimum absolute atomic E-state index is 0.350. The summed E-state index contributed by atoms with van der Waals surface area (Å²) in [5.74, 6) is 0.830. The molecule has 2 aromatic heterocycles. The van der Waals surface area contributed by atoms with Gasteiger partial charge in [0.15, 0.2) is 0 Å². The normalized spacial score (nSPS) is 19.1. The molecule has 1 aliphatic carbocycles. The summed E-state index contributed by atoms with van der Waals surface area (Å²) >= 11 is 3.59. The van der Waals surface area contributed by atoms with Crippen LogP contribution in [0.2, 0.25) is 0 Å². The highest BCUT2D eigenvalue weighted by Crippen LogP contribution is 2.43. The van der Waals surface area contributed by atoms with Gasteiger partial charge in [-0.25, -0.2) is 4.98 Å². The Morgan fingerprint density at radius 3 is 2.82 bits per heavy atom. The molecule has 1 N–H and O–H groups in total. The van der Waals surface area contributed by atoms with Gasteiger partial charge in [0.1, 0.15) is 5.01 Å². The highest BCUT2D eigenvalue weighted by atomic mass is 32.1. The maximum Gasteiger partial charge on any atom is 0.109 e. The number of aromatic nitrogens is 1. The summed E-state index contributed by atoms with van der Waals surface area (Å²) in [7, 11) is 0. The molecule has 1 saturated carbocycles. The van der Waals surface area contributed by atoms with Gasteiger partial charge in [-0.3, -0.25) is 0 Å². The van der Waals surface area contributed by atoms with E-state index in [-0.39, 0.29) is 0 Å². The van der Waals surface area contributed by atoms with Crippen LogP contribution < -0.4 is 5.32 Å². The molecule has 0 spiro atoms. The second-order valence-electron chi connectivity index (χ2n) is 4.59. The van der Waals surface area contributed by atoms with Crippen LogP contribution in [0.3, 0.4) is 0 Å². The van der Waals surface area contributed by atoms with E-state index in [1.165, 1.54) is 22.7 Å². The van der Waals surface area contributed by atoms with Crippen molar-refractivity contribution in [3.63, 3.8) is 0 Å². The van der Waals surface area contributed by atoms with Crippen LogP contribution in [0.25, 0.3) is 0 Å². The molecule has 2 unspecified atom stereocenters. The van der Waals surface area contributed by atoms with E-state index in [4.69, 9.17) is 0 Å². The highest BCUT2D eigenvalue weighted by Gasteiger charge is 2.33. The number of thiazole rings is 1. The molecule has 17 heavy (non-hydrogen) atoms. The van der Waals surface area contributed by atoms with Gasteiger partial charge in [0.05, 0.1) is 6.04 Å². The molecular formula is C13H16N2S2. The molecule has 0 bridgehead atoms. The summed E-state index contributed by atoms with van der Waals surface area (Å²) in [5, 5.41) is 9.14. The average molecular weight is 264 g/mol. The smallest absolute Gasteiger partial charge is 0.109 e. The van der Waals surface area contributed by atoms with E-state index >= 15 is 0 Å². The Labute approximate surface area is 110 Å². The van der Waals surface area contributed by atoms with Crippen LogP contribution in [0.15, 0.2) is 29.1 Å². The average Bonchev–Trinajstić information content (AvgIpc) is 2.87. The standard InChI is InChI=1S/C13H16N2S2/c1-9(13-14-6-8-17-13)15-12(10-4-5-10)11-3-2-7-16-11/h2-3,6-10,12,15H,4-5H2,1H3. The van der Waals surface area contributed by atoms with Crippen LogP contribution >= 0.6 is 22.7 Å². The SMILES string of the molecule is CC(NC(c1cccs1)C1CC1)c1nccs1. The van der Waals surface area contributed by atoms with Gasteiger partial charge >= 0.3 is 0 Å². The van der Waals surface area contributed by atoms with Gasteiger partial charge in [0.2, 0.25) is 0 Å². The Morgan fingerprint density at radius 1 is 1.35 bits per heavy atom. The summed E-state index contributed by atoms with van der Waals surface area (Å²) in [4.78, 5) is 5.86. The van der Waals surface area contributed by atoms with Crippen LogP contribution in [0.5, 0.6) is 0 Å². The van der Waals surface area contributed by atoms with E-state index < -0.39 is 0 Å². The molecule has 1 fully saturated rings. The van der Waals surface area contributed by atoms with Crippen LogP contribution in [-0.4, -0.2) is 4.98 Å². The third kappa shape index (κ3) is 2.59. The molecule has 0 radical (unpaired) electrons. The molecule has 0 amide bonds. The van der Waals surface area contributed by atoms with Crippen molar-refractivity contribution in [2.45, 2.75) is 31.8 Å². The number of hydrogen-bond donors (Lipinski definition) is 1. The molecule has 1 aliphatic rings. The van der Waals surface area contributed by atoms with Crippen molar-refractivity contribution in [2.75, 3.05) is 0 Å². The van der Waals surface area contributed by atoms with Gasteiger partial charge in [0, 0.05) is 22.5 Å². The fourth-order valence-electron chi connectivity index (χ4n) is 2.14. The van der Waals surface area contributed by atoms with Crippen molar-refractivity contribution in [3.05, 3.63) is 39.0 Å². The minimum atomic E-state index is 0.350. The number of hydrogen-bond acceptors (Lipinski definition) is 4. The largest absolute Gasteiger partial charge is 0.300 e. The van der Waals surface area contributed by atoms with E-state index in [1.807, 2.05) is 22.9 Å². The Morgan fingerprint density at radius 2 is 2.24 bits per heavy atom. The molecule has 2 nitrogen and oxygen atoms in total. The lowest BCUT2D eigenvalue weighted by Gasteiger charge is -2.21. The summed E-state index contributed by atoms with van der Waals surface area (Å²) in [6, 6.07) is 5.26. The lowest BCUT2D eigenvalue weighted by molar-refractivity contribution is 0.432. The number of nitrogens with one attached hydrogen (secondary N) is 1. The number of rotatable bonds is 5. The molecule has 2 heterocycles. The van der Waals surface area contributed by atoms with Crippen LogP contribution in [0.4, 0.5) is 0 Å². The lowest BCUT2D eigenvalue weighted by atomic mass is 10.1. The highest BCUT2D eigenvalue weighted by molar-refractivity contribution is 7.10. The van der Waals surface area contributed by atoms with E-state index in [0.29, 0.717) is 12.1 Å². The zero-order valence-electron chi connectivity index (χ0n) is 9.80. The molecule has 4 heteroatoms. The van der Waals surface area contributed by atoms with Gasteiger partial charge in [-0.15, -0.1) is 22.7 Å². The summed E-state index contributed by atoms with van der Waals surface area (Å²) in [6.45, 7) is 2.21. The predicted molar refractivity (Wildman–Crippen MR) is 73.4 cm³/mol. The first kappa shape index (κ1) is 11.4. The second-order valence-corrected chi connectivity index (χ2v) is 6.49. The van der Waals surface area contributed by atoms with Gasteiger partial charge in [-0.1, -0.05) is 6.07 Å². The molecule has 90 valence electrons. The maximum atomic E-state index is 4.39. The molecule has 2 aromatic rings. The van der Waals surface area contributed by atoms with E-state index in [9.17, 15) is 0 Å². The maximum absolute atomic E-state index is 4.39. The van der Waals surface area contributed by atoms with Gasteiger partial charge in [0.25, 0.3) is 0 Å². The lowest BCUT2D eigenvalue weighted by Crippen LogP contribution is -2.25. The molecular weight excluding hydrogens is 248 g/mol. The fraction of sp³-hybridized carbons (Fsp3) is 0.462. The molecule has 0 aromatic carbocycles. The Balaban J connectivity index is 1.73. The Bertz CT molecular complexity index is 446. The zero-order chi connectivity index (χ0) is 11.7. The third-order valence-electron chi connectivity index (χ3n) is 3.19. The minimum Gasteiger partial charge on any atom is -0.300 e. The first-order valence-corrected chi connectivity index (χ1v) is 7.79. The Hall–Kier alpha value is -0.710. The zero-order valence-corrected chi connectivity index (χ0v) is 11.4. The van der Waals surface area contributed by atoms with Gasteiger partial charge in [-0.05, 0) is 37.1 Å².